The number of fused-ring (bicyclic) bond motifs is 1. The molecule has 1 amide bonds. The molecule has 2 aromatic carbocycles. The highest BCUT2D eigenvalue weighted by Crippen LogP contribution is 2.34. The third-order valence-corrected chi connectivity index (χ3v) is 7.16. The van der Waals surface area contributed by atoms with Crippen LogP contribution in [-0.4, -0.2) is 21.6 Å². The number of rotatable bonds is 6. The van der Waals surface area contributed by atoms with Crippen molar-refractivity contribution < 1.29 is 4.79 Å². The largest absolute Gasteiger partial charge is 0.283 e. The van der Waals surface area contributed by atoms with Gasteiger partial charge in [-0.1, -0.05) is 41.1 Å². The van der Waals surface area contributed by atoms with Crippen molar-refractivity contribution in [1.29, 1.82) is 0 Å². The van der Waals surface area contributed by atoms with Gasteiger partial charge in [0, 0.05) is 22.3 Å². The zero-order valence-corrected chi connectivity index (χ0v) is 19.0. The number of benzene rings is 2. The van der Waals surface area contributed by atoms with E-state index in [9.17, 15) is 4.79 Å². The molecule has 4 rings (SSSR count). The summed E-state index contributed by atoms with van der Waals surface area (Å²) in [5.41, 5.74) is 4.21. The molecule has 7 heteroatoms. The molecule has 4 aromatic rings. The van der Waals surface area contributed by atoms with Crippen LogP contribution >= 0.6 is 34.7 Å². The third-order valence-electron chi connectivity index (χ3n) is 4.70. The van der Waals surface area contributed by atoms with Crippen molar-refractivity contribution in [3.63, 3.8) is 0 Å². The van der Waals surface area contributed by atoms with E-state index in [1.165, 1.54) is 17.3 Å². The predicted molar refractivity (Wildman–Crippen MR) is 127 cm³/mol. The number of thioether (sulfide) groups is 1. The van der Waals surface area contributed by atoms with Crippen LogP contribution in [-0.2, 0) is 11.3 Å². The van der Waals surface area contributed by atoms with Crippen LogP contribution in [0.4, 0.5) is 5.13 Å². The maximum absolute atomic E-state index is 13.3. The van der Waals surface area contributed by atoms with E-state index in [-0.39, 0.29) is 5.91 Å². The van der Waals surface area contributed by atoms with Gasteiger partial charge in [0.15, 0.2) is 5.13 Å². The Balaban J connectivity index is 1.64. The molecule has 0 N–H and O–H groups in total. The maximum Gasteiger partial charge on any atom is 0.239 e. The van der Waals surface area contributed by atoms with Crippen molar-refractivity contribution in [1.82, 2.24) is 9.97 Å². The SMILES string of the molecule is Cc1ccc(C)c2sc(N(Cc3cccnc3)C(=O)CSc3ccc(Cl)cc3)nc12. The van der Waals surface area contributed by atoms with Crippen molar-refractivity contribution in [2.24, 2.45) is 0 Å². The van der Waals surface area contributed by atoms with Crippen molar-refractivity contribution in [3.05, 3.63) is 82.6 Å². The van der Waals surface area contributed by atoms with Crippen LogP contribution in [0.25, 0.3) is 10.2 Å². The van der Waals surface area contributed by atoms with Gasteiger partial charge in [-0.3, -0.25) is 14.7 Å². The van der Waals surface area contributed by atoms with Gasteiger partial charge in [0.2, 0.25) is 5.91 Å². The zero-order chi connectivity index (χ0) is 21.1. The highest BCUT2D eigenvalue weighted by molar-refractivity contribution is 8.00. The normalized spacial score (nSPS) is 11.0. The molecule has 0 aliphatic rings. The Hall–Kier alpha value is -2.41. The van der Waals surface area contributed by atoms with Gasteiger partial charge >= 0.3 is 0 Å². The number of aromatic nitrogens is 2. The van der Waals surface area contributed by atoms with Crippen molar-refractivity contribution in [3.8, 4) is 0 Å². The van der Waals surface area contributed by atoms with Gasteiger partial charge in [0.05, 0.1) is 22.5 Å². The Labute approximate surface area is 188 Å². The lowest BCUT2D eigenvalue weighted by atomic mass is 10.1. The van der Waals surface area contributed by atoms with Gasteiger partial charge in [0.25, 0.3) is 0 Å². The monoisotopic (exact) mass is 453 g/mol. The molecule has 2 aromatic heterocycles. The molecule has 0 atom stereocenters. The number of aryl methyl sites for hydroxylation is 2. The minimum atomic E-state index is 0.00756. The van der Waals surface area contributed by atoms with Crippen molar-refractivity contribution >= 4 is 56.0 Å². The minimum Gasteiger partial charge on any atom is -0.283 e. The number of amides is 1. The summed E-state index contributed by atoms with van der Waals surface area (Å²) in [4.78, 5) is 25.1. The molecule has 0 aliphatic carbocycles. The Kier molecular flexibility index (Phi) is 6.37. The van der Waals surface area contributed by atoms with Crippen LogP contribution in [0.1, 0.15) is 16.7 Å². The standard InChI is InChI=1S/C23H20ClN3OS2/c1-15-5-6-16(2)22-21(15)26-23(30-22)27(13-17-4-3-11-25-12-17)20(28)14-29-19-9-7-18(24)8-10-19/h3-12H,13-14H2,1-2H3. The molecule has 0 fully saturated rings. The number of carbonyl (C=O) groups is 1. The Bertz CT molecular complexity index is 1140. The van der Waals surface area contributed by atoms with E-state index in [0.29, 0.717) is 22.5 Å². The maximum atomic E-state index is 13.3. The summed E-state index contributed by atoms with van der Waals surface area (Å²) in [7, 11) is 0. The lowest BCUT2D eigenvalue weighted by molar-refractivity contribution is -0.116. The number of hydrogen-bond acceptors (Lipinski definition) is 5. The van der Waals surface area contributed by atoms with E-state index in [0.717, 1.165) is 26.2 Å². The molecule has 0 spiro atoms. The van der Waals surface area contributed by atoms with Crippen LogP contribution in [0, 0.1) is 13.8 Å². The number of thiazole rings is 1. The van der Waals surface area contributed by atoms with Gasteiger partial charge < -0.3 is 0 Å². The summed E-state index contributed by atoms with van der Waals surface area (Å²) in [5, 5.41) is 1.40. The van der Waals surface area contributed by atoms with Crippen molar-refractivity contribution in [2.45, 2.75) is 25.3 Å². The zero-order valence-electron chi connectivity index (χ0n) is 16.6. The third kappa shape index (κ3) is 4.67. The summed E-state index contributed by atoms with van der Waals surface area (Å²) in [6, 6.07) is 15.6. The van der Waals surface area contributed by atoms with Crippen LogP contribution in [0.2, 0.25) is 5.02 Å². The molecule has 0 saturated heterocycles. The molecule has 0 aliphatic heterocycles. The average Bonchev–Trinajstić information content (AvgIpc) is 3.21. The fourth-order valence-corrected chi connectivity index (χ4v) is 5.08. The number of nitrogens with zero attached hydrogens (tertiary/aromatic N) is 3. The molecule has 2 heterocycles. The molecule has 152 valence electrons. The smallest absolute Gasteiger partial charge is 0.239 e. The van der Waals surface area contributed by atoms with E-state index in [2.05, 4.69) is 31.0 Å². The van der Waals surface area contributed by atoms with Crippen LogP contribution < -0.4 is 4.90 Å². The summed E-state index contributed by atoms with van der Waals surface area (Å²) in [6.07, 6.45) is 3.52. The second-order valence-corrected chi connectivity index (χ2v) is 9.42. The van der Waals surface area contributed by atoms with Crippen LogP contribution in [0.15, 0.2) is 65.8 Å². The second-order valence-electron chi connectivity index (χ2n) is 6.96. The fourth-order valence-electron chi connectivity index (χ4n) is 3.05. The van der Waals surface area contributed by atoms with Crippen molar-refractivity contribution in [2.75, 3.05) is 10.7 Å². The number of hydrogen-bond donors (Lipinski definition) is 0. The van der Waals surface area contributed by atoms with Gasteiger partial charge in [-0.05, 0) is 60.9 Å². The molecule has 0 bridgehead atoms. The quantitative estimate of drug-likeness (QED) is 0.322. The minimum absolute atomic E-state index is 0.00756. The predicted octanol–water partition coefficient (Wildman–Crippen LogP) is 6.29. The molecule has 30 heavy (non-hydrogen) atoms. The Morgan fingerprint density at radius 2 is 1.87 bits per heavy atom. The lowest BCUT2D eigenvalue weighted by Gasteiger charge is -2.19. The van der Waals surface area contributed by atoms with Gasteiger partial charge in [-0.15, -0.1) is 11.8 Å². The number of pyridine rings is 1. The Morgan fingerprint density at radius 3 is 2.57 bits per heavy atom. The number of anilines is 1. The first kappa shape index (κ1) is 20.8. The summed E-state index contributed by atoms with van der Waals surface area (Å²) in [5.74, 6) is 0.323. The average molecular weight is 454 g/mol. The second kappa shape index (κ2) is 9.16. The molecular weight excluding hydrogens is 434 g/mol. The van der Waals surface area contributed by atoms with E-state index in [1.807, 2.05) is 36.4 Å². The summed E-state index contributed by atoms with van der Waals surface area (Å²) >= 11 is 9.02. The first-order valence-electron chi connectivity index (χ1n) is 9.45. The van der Waals surface area contributed by atoms with Gasteiger partial charge in [-0.2, -0.15) is 0 Å². The Morgan fingerprint density at radius 1 is 1.10 bits per heavy atom. The van der Waals surface area contributed by atoms with Gasteiger partial charge in [0.1, 0.15) is 0 Å². The first-order valence-corrected chi connectivity index (χ1v) is 11.6. The molecule has 0 radical (unpaired) electrons. The molecule has 0 unspecified atom stereocenters. The summed E-state index contributed by atoms with van der Waals surface area (Å²) < 4.78 is 1.12. The molecular formula is C23H20ClN3OS2. The van der Waals surface area contributed by atoms with E-state index in [1.54, 1.807) is 28.6 Å². The van der Waals surface area contributed by atoms with E-state index < -0.39 is 0 Å². The van der Waals surface area contributed by atoms with Gasteiger partial charge in [-0.25, -0.2) is 4.98 Å². The molecule has 4 nitrogen and oxygen atoms in total. The number of halogens is 1. The van der Waals surface area contributed by atoms with E-state index >= 15 is 0 Å². The lowest BCUT2D eigenvalue weighted by Crippen LogP contribution is -2.31. The highest BCUT2D eigenvalue weighted by atomic mass is 35.5. The highest BCUT2D eigenvalue weighted by Gasteiger charge is 2.21. The van der Waals surface area contributed by atoms with Crippen LogP contribution in [0.3, 0.4) is 0 Å². The summed E-state index contributed by atoms with van der Waals surface area (Å²) in [6.45, 7) is 4.56. The van der Waals surface area contributed by atoms with E-state index in [4.69, 9.17) is 16.6 Å². The molecule has 0 saturated carbocycles. The first-order chi connectivity index (χ1) is 14.5. The number of carbonyl (C=O) groups excluding carboxylic acids is 1. The topological polar surface area (TPSA) is 46.1 Å². The fraction of sp³-hybridized carbons (Fsp3) is 0.174. The van der Waals surface area contributed by atoms with Crippen LogP contribution in [0.5, 0.6) is 0 Å².